The van der Waals surface area contributed by atoms with E-state index in [9.17, 15) is 4.79 Å². The summed E-state index contributed by atoms with van der Waals surface area (Å²) in [6, 6.07) is -0.0698. The standard InChI is InChI=1S/C11H20N2OS/c1-7(2)3-6-9(14)13-10(11(12)15)8-4-5-8/h7-8,10H,3-6H2,1-2H3,(H2,12,15)(H,13,14). The van der Waals surface area contributed by atoms with Crippen LogP contribution in [-0.4, -0.2) is 16.9 Å². The van der Waals surface area contributed by atoms with Crippen molar-refractivity contribution in [3.63, 3.8) is 0 Å². The first-order valence-electron chi connectivity index (χ1n) is 5.59. The fourth-order valence-corrected chi connectivity index (χ4v) is 1.77. The van der Waals surface area contributed by atoms with Gasteiger partial charge in [-0.05, 0) is 31.1 Å². The minimum atomic E-state index is -0.0698. The fourth-order valence-electron chi connectivity index (χ4n) is 1.52. The lowest BCUT2D eigenvalue weighted by Crippen LogP contribution is -2.45. The lowest BCUT2D eigenvalue weighted by Gasteiger charge is -2.16. The molecule has 1 rings (SSSR count). The Labute approximate surface area is 96.8 Å². The van der Waals surface area contributed by atoms with E-state index in [0.29, 0.717) is 23.2 Å². The summed E-state index contributed by atoms with van der Waals surface area (Å²) >= 11 is 4.95. The van der Waals surface area contributed by atoms with Crippen LogP contribution in [0.4, 0.5) is 0 Å². The zero-order chi connectivity index (χ0) is 11.4. The number of hydrogen-bond donors (Lipinski definition) is 2. The first-order chi connectivity index (χ1) is 7.00. The molecule has 0 aromatic carbocycles. The number of carbonyl (C=O) groups excluding carboxylic acids is 1. The Balaban J connectivity index is 2.31. The summed E-state index contributed by atoms with van der Waals surface area (Å²) < 4.78 is 0. The molecule has 0 aromatic rings. The van der Waals surface area contributed by atoms with Gasteiger partial charge in [0.25, 0.3) is 0 Å². The van der Waals surface area contributed by atoms with E-state index < -0.39 is 0 Å². The van der Waals surface area contributed by atoms with Crippen LogP contribution in [0.25, 0.3) is 0 Å². The van der Waals surface area contributed by atoms with Crippen LogP contribution >= 0.6 is 12.2 Å². The highest BCUT2D eigenvalue weighted by molar-refractivity contribution is 7.80. The lowest BCUT2D eigenvalue weighted by atomic mass is 10.1. The van der Waals surface area contributed by atoms with Crippen molar-refractivity contribution in [1.29, 1.82) is 0 Å². The maximum Gasteiger partial charge on any atom is 0.220 e. The van der Waals surface area contributed by atoms with Gasteiger partial charge >= 0.3 is 0 Å². The highest BCUT2D eigenvalue weighted by atomic mass is 32.1. The molecule has 0 saturated heterocycles. The van der Waals surface area contributed by atoms with E-state index >= 15 is 0 Å². The summed E-state index contributed by atoms with van der Waals surface area (Å²) in [4.78, 5) is 12.0. The summed E-state index contributed by atoms with van der Waals surface area (Å²) in [6.07, 6.45) is 3.75. The van der Waals surface area contributed by atoms with Crippen LogP contribution in [0.1, 0.15) is 39.5 Å². The van der Waals surface area contributed by atoms with Crippen molar-refractivity contribution in [3.05, 3.63) is 0 Å². The van der Waals surface area contributed by atoms with Crippen molar-refractivity contribution in [3.8, 4) is 0 Å². The van der Waals surface area contributed by atoms with Crippen molar-refractivity contribution in [2.45, 2.75) is 45.6 Å². The molecule has 1 unspecified atom stereocenters. The summed E-state index contributed by atoms with van der Waals surface area (Å²) in [5.41, 5.74) is 5.60. The van der Waals surface area contributed by atoms with Gasteiger partial charge in [0.05, 0.1) is 11.0 Å². The van der Waals surface area contributed by atoms with Crippen LogP contribution in [-0.2, 0) is 4.79 Å². The largest absolute Gasteiger partial charge is 0.392 e. The predicted octanol–water partition coefficient (Wildman–Crippen LogP) is 1.60. The average Bonchev–Trinajstić information content (AvgIpc) is 2.93. The molecule has 3 nitrogen and oxygen atoms in total. The van der Waals surface area contributed by atoms with Crippen LogP contribution in [0.5, 0.6) is 0 Å². The molecule has 4 heteroatoms. The third-order valence-corrected chi connectivity index (χ3v) is 2.92. The number of hydrogen-bond acceptors (Lipinski definition) is 2. The topological polar surface area (TPSA) is 55.1 Å². The minimum Gasteiger partial charge on any atom is -0.392 e. The Kier molecular flexibility index (Phi) is 4.51. The molecule has 0 aliphatic heterocycles. The molecule has 0 spiro atoms. The number of amides is 1. The van der Waals surface area contributed by atoms with Crippen LogP contribution in [0, 0.1) is 11.8 Å². The van der Waals surface area contributed by atoms with Crippen LogP contribution in [0.2, 0.25) is 0 Å². The van der Waals surface area contributed by atoms with Crippen LogP contribution in [0.3, 0.4) is 0 Å². The molecular weight excluding hydrogens is 208 g/mol. The van der Waals surface area contributed by atoms with E-state index in [1.165, 1.54) is 0 Å². The first kappa shape index (κ1) is 12.4. The predicted molar refractivity (Wildman–Crippen MR) is 65.5 cm³/mol. The number of nitrogens with one attached hydrogen (secondary N) is 1. The maximum atomic E-state index is 11.6. The zero-order valence-electron chi connectivity index (χ0n) is 9.45. The second-order valence-corrected chi connectivity index (χ2v) is 5.19. The molecule has 0 bridgehead atoms. The molecule has 1 aliphatic rings. The highest BCUT2D eigenvalue weighted by Crippen LogP contribution is 2.32. The van der Waals surface area contributed by atoms with Gasteiger partial charge in [-0.15, -0.1) is 0 Å². The van der Waals surface area contributed by atoms with Crippen molar-refractivity contribution in [2.75, 3.05) is 0 Å². The van der Waals surface area contributed by atoms with Gasteiger partial charge in [0.15, 0.2) is 0 Å². The number of nitrogens with two attached hydrogens (primary N) is 1. The normalized spacial score (nSPS) is 17.5. The molecule has 1 atom stereocenters. The van der Waals surface area contributed by atoms with Gasteiger partial charge < -0.3 is 11.1 Å². The van der Waals surface area contributed by atoms with Gasteiger partial charge in [-0.2, -0.15) is 0 Å². The first-order valence-corrected chi connectivity index (χ1v) is 6.00. The Morgan fingerprint density at radius 3 is 2.53 bits per heavy atom. The van der Waals surface area contributed by atoms with Crippen molar-refractivity contribution in [1.82, 2.24) is 5.32 Å². The third kappa shape index (κ3) is 4.60. The number of rotatable bonds is 6. The SMILES string of the molecule is CC(C)CCC(=O)NC(C(N)=S)C1CC1. The van der Waals surface area contributed by atoms with Crippen LogP contribution in [0.15, 0.2) is 0 Å². The molecule has 0 radical (unpaired) electrons. The highest BCUT2D eigenvalue weighted by Gasteiger charge is 2.33. The molecule has 0 heterocycles. The van der Waals surface area contributed by atoms with Crippen LogP contribution < -0.4 is 11.1 Å². The van der Waals surface area contributed by atoms with Gasteiger partial charge in [-0.1, -0.05) is 26.1 Å². The molecule has 1 saturated carbocycles. The van der Waals surface area contributed by atoms with Gasteiger partial charge in [0, 0.05) is 6.42 Å². The van der Waals surface area contributed by atoms with Gasteiger partial charge in [-0.3, -0.25) is 4.79 Å². The minimum absolute atomic E-state index is 0.0698. The van der Waals surface area contributed by atoms with Gasteiger partial charge in [-0.25, -0.2) is 0 Å². The maximum absolute atomic E-state index is 11.6. The lowest BCUT2D eigenvalue weighted by molar-refractivity contribution is -0.121. The van der Waals surface area contributed by atoms with Gasteiger partial charge in [0.1, 0.15) is 0 Å². The van der Waals surface area contributed by atoms with Crippen molar-refractivity contribution in [2.24, 2.45) is 17.6 Å². The molecule has 0 aromatic heterocycles. The average molecular weight is 228 g/mol. The summed E-state index contributed by atoms with van der Waals surface area (Å²) in [7, 11) is 0. The second kappa shape index (κ2) is 5.45. The molecule has 1 aliphatic carbocycles. The molecule has 1 fully saturated rings. The van der Waals surface area contributed by atoms with E-state index in [4.69, 9.17) is 18.0 Å². The van der Waals surface area contributed by atoms with E-state index in [1.807, 2.05) is 0 Å². The smallest absolute Gasteiger partial charge is 0.220 e. The van der Waals surface area contributed by atoms with E-state index in [2.05, 4.69) is 19.2 Å². The molecule has 86 valence electrons. The van der Waals surface area contributed by atoms with E-state index in [0.717, 1.165) is 19.3 Å². The Morgan fingerprint density at radius 1 is 1.53 bits per heavy atom. The summed E-state index contributed by atoms with van der Waals surface area (Å²) in [5.74, 6) is 1.12. The van der Waals surface area contributed by atoms with E-state index in [-0.39, 0.29) is 11.9 Å². The number of thiocarbonyl (C=S) groups is 1. The zero-order valence-corrected chi connectivity index (χ0v) is 10.3. The second-order valence-electron chi connectivity index (χ2n) is 4.72. The Hall–Kier alpha value is -0.640. The third-order valence-electron chi connectivity index (χ3n) is 2.67. The quantitative estimate of drug-likeness (QED) is 0.679. The monoisotopic (exact) mass is 228 g/mol. The summed E-state index contributed by atoms with van der Waals surface area (Å²) in [5, 5.41) is 2.93. The van der Waals surface area contributed by atoms with E-state index in [1.54, 1.807) is 0 Å². The Bertz CT molecular complexity index is 249. The fraction of sp³-hybridized carbons (Fsp3) is 0.818. The molecule has 15 heavy (non-hydrogen) atoms. The Morgan fingerprint density at radius 2 is 2.13 bits per heavy atom. The summed E-state index contributed by atoms with van der Waals surface area (Å²) in [6.45, 7) is 4.22. The molecule has 3 N–H and O–H groups in total. The van der Waals surface area contributed by atoms with Gasteiger partial charge in [0.2, 0.25) is 5.91 Å². The number of carbonyl (C=O) groups is 1. The van der Waals surface area contributed by atoms with Crippen molar-refractivity contribution >= 4 is 23.1 Å². The van der Waals surface area contributed by atoms with Crippen molar-refractivity contribution < 1.29 is 4.79 Å². The molecule has 1 amide bonds. The molecular formula is C11H20N2OS.